The van der Waals surface area contributed by atoms with Gasteiger partial charge in [-0.2, -0.15) is 0 Å². The van der Waals surface area contributed by atoms with Crippen LogP contribution in [0.15, 0.2) is 45.3 Å². The first-order valence-corrected chi connectivity index (χ1v) is 9.86. The Morgan fingerprint density at radius 2 is 1.31 bits per heavy atom. The summed E-state index contributed by atoms with van der Waals surface area (Å²) in [7, 11) is 0. The van der Waals surface area contributed by atoms with Crippen LogP contribution in [0.2, 0.25) is 0 Å². The molecule has 3 aromatic carbocycles. The van der Waals surface area contributed by atoms with Crippen molar-refractivity contribution in [2.75, 3.05) is 0 Å². The van der Waals surface area contributed by atoms with E-state index in [0.717, 1.165) is 0 Å². The summed E-state index contributed by atoms with van der Waals surface area (Å²) in [6.45, 7) is 0. The van der Waals surface area contributed by atoms with E-state index in [1.54, 1.807) is 24.3 Å². The Kier molecular flexibility index (Phi) is 3.63. The number of phenols is 4. The van der Waals surface area contributed by atoms with Gasteiger partial charge in [0.25, 0.3) is 0 Å². The average molecular weight is 522 g/mol. The Bertz CT molecular complexity index is 1190. The van der Waals surface area contributed by atoms with E-state index >= 15 is 0 Å². The zero-order valence-electron chi connectivity index (χ0n) is 14.2. The number of benzene rings is 3. The van der Waals surface area contributed by atoms with Crippen molar-refractivity contribution in [2.45, 2.75) is 5.60 Å². The molecule has 4 N–H and O–H groups in total. The van der Waals surface area contributed by atoms with Gasteiger partial charge in [-0.3, -0.25) is 0 Å². The number of hydrogen-bond acceptors (Lipinski definition) is 7. The predicted octanol–water partition coefficient (Wildman–Crippen LogP) is 4.60. The lowest BCUT2D eigenvalue weighted by Crippen LogP contribution is -2.33. The number of rotatable bonds is 0. The van der Waals surface area contributed by atoms with Crippen molar-refractivity contribution in [3.8, 4) is 34.5 Å². The topological polar surface area (TPSA) is 116 Å². The third-order valence-electron chi connectivity index (χ3n) is 5.09. The summed E-state index contributed by atoms with van der Waals surface area (Å²) in [5, 5.41) is 40.8. The molecular formula is C20H10Br2O7. The van der Waals surface area contributed by atoms with Crippen LogP contribution in [0.25, 0.3) is 0 Å². The molecule has 0 radical (unpaired) electrons. The summed E-state index contributed by atoms with van der Waals surface area (Å²) in [5.41, 5.74) is -0.341. The number of fused-ring (bicyclic) bond motifs is 6. The molecule has 0 bridgehead atoms. The molecule has 0 atom stereocenters. The largest absolute Gasteiger partial charge is 0.504 e. The van der Waals surface area contributed by atoms with Gasteiger partial charge in [0, 0.05) is 5.56 Å². The van der Waals surface area contributed by atoms with E-state index < -0.39 is 34.6 Å². The third kappa shape index (κ3) is 2.14. The van der Waals surface area contributed by atoms with Crippen LogP contribution in [0, 0.1) is 0 Å². The van der Waals surface area contributed by atoms with E-state index in [1.807, 2.05) is 0 Å². The first kappa shape index (κ1) is 18.1. The summed E-state index contributed by atoms with van der Waals surface area (Å²) in [6, 6.07) is 9.19. The molecule has 0 aromatic heterocycles. The van der Waals surface area contributed by atoms with E-state index in [0.29, 0.717) is 11.1 Å². The van der Waals surface area contributed by atoms with Crippen molar-refractivity contribution in [3.63, 3.8) is 0 Å². The molecule has 9 heteroatoms. The first-order valence-electron chi connectivity index (χ1n) is 8.28. The molecule has 2 aliphatic heterocycles. The minimum Gasteiger partial charge on any atom is -0.504 e. The van der Waals surface area contributed by atoms with E-state index in [2.05, 4.69) is 31.9 Å². The van der Waals surface area contributed by atoms with Gasteiger partial charge in [0.15, 0.2) is 40.1 Å². The molecule has 1 spiro atoms. The molecule has 0 unspecified atom stereocenters. The minimum absolute atomic E-state index is 0.0393. The summed E-state index contributed by atoms with van der Waals surface area (Å²) in [5.74, 6) is -2.26. The average Bonchev–Trinajstić information content (AvgIpc) is 3.00. The Morgan fingerprint density at radius 1 is 0.793 bits per heavy atom. The molecule has 5 rings (SSSR count). The second-order valence-electron chi connectivity index (χ2n) is 6.59. The molecule has 0 aliphatic carbocycles. The molecule has 3 aromatic rings. The monoisotopic (exact) mass is 520 g/mol. The number of aromatic hydroxyl groups is 4. The summed E-state index contributed by atoms with van der Waals surface area (Å²) in [6.07, 6.45) is 0. The highest BCUT2D eigenvalue weighted by Gasteiger charge is 2.55. The van der Waals surface area contributed by atoms with Crippen molar-refractivity contribution < 1.29 is 34.7 Å². The van der Waals surface area contributed by atoms with E-state index in [1.165, 1.54) is 12.1 Å². The Morgan fingerprint density at radius 3 is 1.86 bits per heavy atom. The molecule has 7 nitrogen and oxygen atoms in total. The highest BCUT2D eigenvalue weighted by molar-refractivity contribution is 9.11. The van der Waals surface area contributed by atoms with Gasteiger partial charge in [-0.05, 0) is 50.1 Å². The lowest BCUT2D eigenvalue weighted by Gasteiger charge is -2.37. The van der Waals surface area contributed by atoms with Crippen molar-refractivity contribution >= 4 is 37.8 Å². The van der Waals surface area contributed by atoms with Gasteiger partial charge in [0.05, 0.1) is 16.7 Å². The van der Waals surface area contributed by atoms with Crippen LogP contribution in [0.3, 0.4) is 0 Å². The second kappa shape index (κ2) is 5.80. The second-order valence-corrected chi connectivity index (χ2v) is 8.17. The maximum atomic E-state index is 12.7. The van der Waals surface area contributed by atoms with Gasteiger partial charge in [-0.15, -0.1) is 0 Å². The molecule has 29 heavy (non-hydrogen) atoms. The van der Waals surface area contributed by atoms with Crippen molar-refractivity contribution in [1.29, 1.82) is 0 Å². The minimum atomic E-state index is -1.59. The molecular weight excluding hydrogens is 512 g/mol. The Balaban J connectivity index is 1.99. The van der Waals surface area contributed by atoms with Crippen LogP contribution < -0.4 is 4.74 Å². The van der Waals surface area contributed by atoms with Gasteiger partial charge >= 0.3 is 5.97 Å². The number of phenolic OH excluding ortho intramolecular Hbond substituents is 4. The Labute approximate surface area is 180 Å². The van der Waals surface area contributed by atoms with Crippen molar-refractivity contribution in [1.82, 2.24) is 0 Å². The number of esters is 1. The quantitative estimate of drug-likeness (QED) is 0.252. The van der Waals surface area contributed by atoms with Crippen LogP contribution in [0.1, 0.15) is 27.0 Å². The van der Waals surface area contributed by atoms with E-state index in [9.17, 15) is 25.2 Å². The molecule has 0 saturated heterocycles. The number of carbonyl (C=O) groups is 1. The fourth-order valence-corrected chi connectivity index (χ4v) is 4.80. The normalized spacial score (nSPS) is 15.3. The maximum Gasteiger partial charge on any atom is 0.340 e. The van der Waals surface area contributed by atoms with E-state index in [4.69, 9.17) is 9.47 Å². The van der Waals surface area contributed by atoms with Gasteiger partial charge in [-0.1, -0.05) is 18.2 Å². The molecule has 0 saturated carbocycles. The van der Waals surface area contributed by atoms with Crippen LogP contribution in [0.4, 0.5) is 0 Å². The number of ether oxygens (including phenoxy) is 2. The first-order chi connectivity index (χ1) is 13.8. The molecule has 0 fully saturated rings. The maximum absolute atomic E-state index is 12.7. The number of carbonyl (C=O) groups excluding carboxylic acids is 1. The summed E-state index contributed by atoms with van der Waals surface area (Å²) in [4.78, 5) is 12.7. The van der Waals surface area contributed by atoms with Crippen molar-refractivity contribution in [3.05, 3.63) is 67.6 Å². The van der Waals surface area contributed by atoms with Gasteiger partial charge in [0.2, 0.25) is 0 Å². The van der Waals surface area contributed by atoms with E-state index in [-0.39, 0.29) is 31.6 Å². The zero-order valence-corrected chi connectivity index (χ0v) is 17.4. The van der Waals surface area contributed by atoms with Crippen LogP contribution in [-0.2, 0) is 10.3 Å². The van der Waals surface area contributed by atoms with Crippen molar-refractivity contribution in [2.24, 2.45) is 0 Å². The molecule has 2 aliphatic rings. The van der Waals surface area contributed by atoms with Crippen LogP contribution in [-0.4, -0.2) is 26.4 Å². The van der Waals surface area contributed by atoms with Crippen LogP contribution in [0.5, 0.6) is 34.5 Å². The Hall–Kier alpha value is -2.91. The number of hydrogen-bond donors (Lipinski definition) is 4. The third-order valence-corrected chi connectivity index (χ3v) is 6.56. The van der Waals surface area contributed by atoms with Gasteiger partial charge < -0.3 is 29.9 Å². The number of halogens is 2. The standard InChI is InChI=1S/C20H10Br2O7/c21-13-15(25)11(23)5-9-17(13)28-18-10(6-12(24)16(26)14(18)22)20(9)8-4-2-1-3-7(8)19(27)29-20/h1-6,23-26H. The lowest BCUT2D eigenvalue weighted by molar-refractivity contribution is 0.0221. The lowest BCUT2D eigenvalue weighted by atomic mass is 9.77. The summed E-state index contributed by atoms with van der Waals surface area (Å²) < 4.78 is 11.9. The fourth-order valence-electron chi connectivity index (χ4n) is 3.80. The SMILES string of the molecule is O=C1OC2(c3ccccc31)c1cc(O)c(O)c(Br)c1Oc1c2cc(O)c(O)c1Br. The van der Waals surface area contributed by atoms with Crippen LogP contribution >= 0.6 is 31.9 Å². The predicted molar refractivity (Wildman–Crippen MR) is 107 cm³/mol. The van der Waals surface area contributed by atoms with Gasteiger partial charge in [-0.25, -0.2) is 4.79 Å². The highest BCUT2D eigenvalue weighted by Crippen LogP contribution is 2.62. The molecule has 146 valence electrons. The molecule has 0 amide bonds. The summed E-state index contributed by atoms with van der Waals surface area (Å²) >= 11 is 6.42. The molecule has 2 heterocycles. The zero-order chi connectivity index (χ0) is 20.7. The van der Waals surface area contributed by atoms with Gasteiger partial charge in [0.1, 0.15) is 8.95 Å². The smallest absolute Gasteiger partial charge is 0.340 e. The highest BCUT2D eigenvalue weighted by atomic mass is 79.9. The fraction of sp³-hybridized carbons (Fsp3) is 0.0500.